The van der Waals surface area contributed by atoms with Crippen LogP contribution in [-0.4, -0.2) is 16.9 Å². The fourth-order valence-electron chi connectivity index (χ4n) is 2.64. The summed E-state index contributed by atoms with van der Waals surface area (Å²) in [6.45, 7) is 0. The van der Waals surface area contributed by atoms with Gasteiger partial charge in [-0.05, 0) is 56.8 Å². The standard InChI is InChI=1S/C14H14Br2N2O/c15-11-5-9-10(7-17-13(9)6-12(11)16)14(19)18-8-3-1-2-4-8/h5-8,17H,1-4H2,(H,18,19). The molecule has 3 rings (SSSR count). The first-order valence-corrected chi connectivity index (χ1v) is 8.01. The van der Waals surface area contributed by atoms with Crippen LogP contribution in [0.1, 0.15) is 36.0 Å². The van der Waals surface area contributed by atoms with E-state index in [4.69, 9.17) is 0 Å². The van der Waals surface area contributed by atoms with Crippen molar-refractivity contribution in [2.24, 2.45) is 0 Å². The van der Waals surface area contributed by atoms with Crippen molar-refractivity contribution in [3.05, 3.63) is 32.8 Å². The van der Waals surface area contributed by atoms with Gasteiger partial charge in [-0.25, -0.2) is 0 Å². The van der Waals surface area contributed by atoms with Gasteiger partial charge in [-0.3, -0.25) is 4.79 Å². The number of benzene rings is 1. The number of aromatic nitrogens is 1. The number of hydrogen-bond donors (Lipinski definition) is 2. The van der Waals surface area contributed by atoms with Crippen molar-refractivity contribution in [2.75, 3.05) is 0 Å². The highest BCUT2D eigenvalue weighted by Crippen LogP contribution is 2.30. The Morgan fingerprint density at radius 2 is 1.89 bits per heavy atom. The average Bonchev–Trinajstić information content (AvgIpc) is 2.99. The minimum atomic E-state index is 0.0207. The number of nitrogens with one attached hydrogen (secondary N) is 2. The number of carbonyl (C=O) groups is 1. The molecule has 0 aliphatic heterocycles. The van der Waals surface area contributed by atoms with Crippen LogP contribution in [0.25, 0.3) is 10.9 Å². The smallest absolute Gasteiger partial charge is 0.253 e. The van der Waals surface area contributed by atoms with Crippen LogP contribution in [0.5, 0.6) is 0 Å². The molecule has 19 heavy (non-hydrogen) atoms. The minimum Gasteiger partial charge on any atom is -0.360 e. The Labute approximate surface area is 128 Å². The van der Waals surface area contributed by atoms with Crippen molar-refractivity contribution in [3.8, 4) is 0 Å². The minimum absolute atomic E-state index is 0.0207. The highest BCUT2D eigenvalue weighted by atomic mass is 79.9. The van der Waals surface area contributed by atoms with E-state index < -0.39 is 0 Å². The van der Waals surface area contributed by atoms with E-state index in [0.717, 1.165) is 38.3 Å². The van der Waals surface area contributed by atoms with Gasteiger partial charge in [0.05, 0.1) is 5.56 Å². The fourth-order valence-corrected chi connectivity index (χ4v) is 3.32. The summed E-state index contributed by atoms with van der Waals surface area (Å²) >= 11 is 6.95. The molecule has 5 heteroatoms. The first-order chi connectivity index (χ1) is 9.15. The van der Waals surface area contributed by atoms with Gasteiger partial charge in [0.25, 0.3) is 5.91 Å². The molecular weight excluding hydrogens is 372 g/mol. The highest BCUT2D eigenvalue weighted by molar-refractivity contribution is 9.13. The average molecular weight is 386 g/mol. The zero-order valence-electron chi connectivity index (χ0n) is 10.3. The Balaban J connectivity index is 1.91. The number of amides is 1. The first-order valence-electron chi connectivity index (χ1n) is 6.42. The first kappa shape index (κ1) is 13.2. The molecule has 0 spiro atoms. The molecule has 1 saturated carbocycles. The Hall–Kier alpha value is -0.810. The van der Waals surface area contributed by atoms with Crippen molar-refractivity contribution in [2.45, 2.75) is 31.7 Å². The van der Waals surface area contributed by atoms with E-state index >= 15 is 0 Å². The Morgan fingerprint density at radius 1 is 1.21 bits per heavy atom. The van der Waals surface area contributed by atoms with E-state index in [-0.39, 0.29) is 5.91 Å². The van der Waals surface area contributed by atoms with E-state index in [1.54, 1.807) is 6.20 Å². The summed E-state index contributed by atoms with van der Waals surface area (Å²) in [4.78, 5) is 15.5. The molecule has 1 aliphatic rings. The predicted octanol–water partition coefficient (Wildman–Crippen LogP) is 4.37. The number of H-pyrrole nitrogens is 1. The Kier molecular flexibility index (Phi) is 3.67. The lowest BCUT2D eigenvalue weighted by Gasteiger charge is -2.11. The number of rotatable bonds is 2. The zero-order chi connectivity index (χ0) is 13.4. The molecule has 1 aliphatic carbocycles. The third-order valence-electron chi connectivity index (χ3n) is 3.66. The highest BCUT2D eigenvalue weighted by Gasteiger charge is 2.20. The number of fused-ring (bicyclic) bond motifs is 1. The van der Waals surface area contributed by atoms with Crippen molar-refractivity contribution in [3.63, 3.8) is 0 Å². The second-order valence-electron chi connectivity index (χ2n) is 4.97. The zero-order valence-corrected chi connectivity index (χ0v) is 13.5. The van der Waals surface area contributed by atoms with Crippen LogP contribution in [0, 0.1) is 0 Å². The third kappa shape index (κ3) is 2.58. The lowest BCUT2D eigenvalue weighted by molar-refractivity contribution is 0.0939. The topological polar surface area (TPSA) is 44.9 Å². The molecule has 0 bridgehead atoms. The van der Waals surface area contributed by atoms with Crippen LogP contribution in [0.15, 0.2) is 27.3 Å². The van der Waals surface area contributed by atoms with E-state index in [1.807, 2.05) is 12.1 Å². The number of halogens is 2. The van der Waals surface area contributed by atoms with Crippen LogP contribution in [0.4, 0.5) is 0 Å². The largest absolute Gasteiger partial charge is 0.360 e. The molecule has 0 unspecified atom stereocenters. The van der Waals surface area contributed by atoms with Crippen molar-refractivity contribution in [1.82, 2.24) is 10.3 Å². The molecule has 0 radical (unpaired) electrons. The van der Waals surface area contributed by atoms with Gasteiger partial charge in [0.1, 0.15) is 0 Å². The van der Waals surface area contributed by atoms with Gasteiger partial charge in [-0.1, -0.05) is 12.8 Å². The molecule has 1 heterocycles. The predicted molar refractivity (Wildman–Crippen MR) is 83.4 cm³/mol. The Bertz CT molecular complexity index is 630. The lowest BCUT2D eigenvalue weighted by Crippen LogP contribution is -2.32. The molecule has 1 aromatic carbocycles. The number of aromatic amines is 1. The summed E-state index contributed by atoms with van der Waals surface area (Å²) in [5.74, 6) is 0.0207. The molecule has 0 saturated heterocycles. The quantitative estimate of drug-likeness (QED) is 0.792. The van der Waals surface area contributed by atoms with Gasteiger partial charge in [0.15, 0.2) is 0 Å². The molecule has 1 aromatic heterocycles. The van der Waals surface area contributed by atoms with Gasteiger partial charge in [-0.15, -0.1) is 0 Å². The van der Waals surface area contributed by atoms with E-state index in [2.05, 4.69) is 42.2 Å². The number of hydrogen-bond acceptors (Lipinski definition) is 1. The Morgan fingerprint density at radius 3 is 2.63 bits per heavy atom. The SMILES string of the molecule is O=C(NC1CCCC1)c1c[nH]c2cc(Br)c(Br)cc12. The summed E-state index contributed by atoms with van der Waals surface area (Å²) in [6.07, 6.45) is 6.43. The van der Waals surface area contributed by atoms with Gasteiger partial charge in [0, 0.05) is 32.1 Å². The molecule has 3 nitrogen and oxygen atoms in total. The molecule has 1 amide bonds. The maximum atomic E-state index is 12.3. The van der Waals surface area contributed by atoms with Gasteiger partial charge < -0.3 is 10.3 Å². The summed E-state index contributed by atoms with van der Waals surface area (Å²) < 4.78 is 1.93. The maximum Gasteiger partial charge on any atom is 0.253 e. The number of carbonyl (C=O) groups excluding carboxylic acids is 1. The summed E-state index contributed by atoms with van der Waals surface area (Å²) in [5.41, 5.74) is 1.68. The molecule has 1 fully saturated rings. The summed E-state index contributed by atoms with van der Waals surface area (Å²) in [7, 11) is 0. The molecule has 100 valence electrons. The van der Waals surface area contributed by atoms with Crippen LogP contribution in [0.3, 0.4) is 0 Å². The lowest BCUT2D eigenvalue weighted by atomic mass is 10.1. The molecule has 2 aromatic rings. The van der Waals surface area contributed by atoms with Crippen molar-refractivity contribution >= 4 is 48.7 Å². The van der Waals surface area contributed by atoms with E-state index in [1.165, 1.54) is 12.8 Å². The summed E-state index contributed by atoms with van der Waals surface area (Å²) in [5, 5.41) is 4.07. The van der Waals surface area contributed by atoms with Crippen LogP contribution in [0.2, 0.25) is 0 Å². The van der Waals surface area contributed by atoms with Crippen LogP contribution >= 0.6 is 31.9 Å². The van der Waals surface area contributed by atoms with Gasteiger partial charge in [0.2, 0.25) is 0 Å². The fraction of sp³-hybridized carbons (Fsp3) is 0.357. The van der Waals surface area contributed by atoms with Gasteiger partial charge >= 0.3 is 0 Å². The second kappa shape index (κ2) is 5.29. The second-order valence-corrected chi connectivity index (χ2v) is 6.68. The van der Waals surface area contributed by atoms with E-state index in [0.29, 0.717) is 6.04 Å². The van der Waals surface area contributed by atoms with Crippen molar-refractivity contribution in [1.29, 1.82) is 0 Å². The molecule has 0 atom stereocenters. The van der Waals surface area contributed by atoms with E-state index in [9.17, 15) is 4.79 Å². The third-order valence-corrected chi connectivity index (χ3v) is 5.50. The monoisotopic (exact) mass is 384 g/mol. The summed E-state index contributed by atoms with van der Waals surface area (Å²) in [6, 6.07) is 4.29. The maximum absolute atomic E-state index is 12.3. The van der Waals surface area contributed by atoms with Crippen molar-refractivity contribution < 1.29 is 4.79 Å². The van der Waals surface area contributed by atoms with Gasteiger partial charge in [-0.2, -0.15) is 0 Å². The van der Waals surface area contributed by atoms with Crippen LogP contribution < -0.4 is 5.32 Å². The normalized spacial score (nSPS) is 16.1. The van der Waals surface area contributed by atoms with Crippen LogP contribution in [-0.2, 0) is 0 Å². The molecule has 2 N–H and O–H groups in total. The molecular formula is C14H14Br2N2O.